The Labute approximate surface area is 178 Å². The Bertz CT molecular complexity index is 1070. The van der Waals surface area contributed by atoms with E-state index in [1.165, 1.54) is 0 Å². The third kappa shape index (κ3) is 3.71. The molecule has 30 heavy (non-hydrogen) atoms. The molecule has 0 spiro atoms. The maximum Gasteiger partial charge on any atom is 0.318 e. The highest BCUT2D eigenvalue weighted by Crippen LogP contribution is 2.30. The van der Waals surface area contributed by atoms with Gasteiger partial charge in [-0.15, -0.1) is 11.3 Å². The van der Waals surface area contributed by atoms with E-state index >= 15 is 0 Å². The summed E-state index contributed by atoms with van der Waals surface area (Å²) in [5, 5.41) is 9.22. The number of amides is 2. The Morgan fingerprint density at radius 2 is 1.67 bits per heavy atom. The molecule has 0 bridgehead atoms. The maximum absolute atomic E-state index is 12.9. The second-order valence-corrected chi connectivity index (χ2v) is 8.19. The van der Waals surface area contributed by atoms with Gasteiger partial charge in [-0.25, -0.2) is 4.79 Å². The molecule has 0 aliphatic carbocycles. The summed E-state index contributed by atoms with van der Waals surface area (Å²) < 4.78 is 5.43. The lowest BCUT2D eigenvalue weighted by molar-refractivity contribution is 0.135. The minimum absolute atomic E-state index is 0.0730. The molecule has 1 fully saturated rings. The Balaban J connectivity index is 1.25. The molecule has 1 aliphatic rings. The number of rotatable bonds is 5. The first kappa shape index (κ1) is 18.6. The first-order valence-corrected chi connectivity index (χ1v) is 10.7. The lowest BCUT2D eigenvalue weighted by Gasteiger charge is -2.38. The van der Waals surface area contributed by atoms with Crippen LogP contribution in [0.25, 0.3) is 10.7 Å². The number of nitrogens with zero attached hydrogens (tertiary/aromatic N) is 3. The number of hydrogen-bond donors (Lipinski definition) is 1. The topological polar surface area (TPSA) is 71.3 Å². The largest absolute Gasteiger partial charge is 0.339 e. The number of carbonyl (C=O) groups excluding carboxylic acids is 1. The van der Waals surface area contributed by atoms with Crippen LogP contribution in [0.15, 0.2) is 82.7 Å². The van der Waals surface area contributed by atoms with Crippen LogP contribution in [-0.2, 0) is 0 Å². The van der Waals surface area contributed by atoms with E-state index in [4.69, 9.17) is 4.52 Å². The summed E-state index contributed by atoms with van der Waals surface area (Å²) in [6.07, 6.45) is 0. The number of benzene rings is 2. The van der Waals surface area contributed by atoms with Crippen LogP contribution in [0.3, 0.4) is 0 Å². The van der Waals surface area contributed by atoms with Crippen molar-refractivity contribution in [2.45, 2.75) is 12.0 Å². The van der Waals surface area contributed by atoms with Crippen LogP contribution in [0.4, 0.5) is 4.79 Å². The molecule has 0 atom stereocenters. The van der Waals surface area contributed by atoms with Gasteiger partial charge in [-0.3, -0.25) is 0 Å². The summed E-state index contributed by atoms with van der Waals surface area (Å²) in [6.45, 7) is 1.13. The van der Waals surface area contributed by atoms with Crippen molar-refractivity contribution in [3.8, 4) is 10.7 Å². The highest BCUT2D eigenvalue weighted by molar-refractivity contribution is 7.13. The first-order chi connectivity index (χ1) is 14.8. The van der Waals surface area contributed by atoms with Gasteiger partial charge in [0.05, 0.1) is 16.8 Å². The van der Waals surface area contributed by atoms with Crippen molar-refractivity contribution < 1.29 is 9.32 Å². The van der Waals surface area contributed by atoms with E-state index in [1.807, 2.05) is 78.2 Å². The van der Waals surface area contributed by atoms with Gasteiger partial charge in [-0.1, -0.05) is 71.9 Å². The Kier molecular flexibility index (Phi) is 5.03. The van der Waals surface area contributed by atoms with Crippen LogP contribution in [-0.4, -0.2) is 34.2 Å². The zero-order chi connectivity index (χ0) is 20.3. The third-order valence-electron chi connectivity index (χ3n) is 5.23. The average molecular weight is 417 g/mol. The molecule has 5 rings (SSSR count). The van der Waals surface area contributed by atoms with E-state index in [0.717, 1.165) is 16.0 Å². The summed E-state index contributed by atoms with van der Waals surface area (Å²) in [6, 6.07) is 23.6. The molecule has 0 saturated carbocycles. The molecule has 150 valence electrons. The quantitative estimate of drug-likeness (QED) is 0.512. The van der Waals surface area contributed by atoms with Gasteiger partial charge in [0, 0.05) is 13.1 Å². The molecule has 2 aromatic heterocycles. The van der Waals surface area contributed by atoms with Gasteiger partial charge in [0.15, 0.2) is 0 Å². The first-order valence-electron chi connectivity index (χ1n) is 9.81. The van der Waals surface area contributed by atoms with Gasteiger partial charge >= 0.3 is 6.03 Å². The van der Waals surface area contributed by atoms with Crippen molar-refractivity contribution >= 4 is 17.4 Å². The van der Waals surface area contributed by atoms with Crippen LogP contribution in [0, 0.1) is 0 Å². The monoisotopic (exact) mass is 416 g/mol. The SMILES string of the molecule is O=C(NC(c1ccccc1)c1ccccc1)N1CC(c2nc(-c3cccs3)no2)C1. The molecule has 1 N–H and O–H groups in total. The molecule has 2 amide bonds. The van der Waals surface area contributed by atoms with Crippen molar-refractivity contribution in [3.63, 3.8) is 0 Å². The molecule has 6 nitrogen and oxygen atoms in total. The van der Waals surface area contributed by atoms with Gasteiger partial charge in [0.1, 0.15) is 0 Å². The minimum atomic E-state index is -0.201. The molecule has 2 aromatic carbocycles. The van der Waals surface area contributed by atoms with Gasteiger partial charge in [0.2, 0.25) is 11.7 Å². The summed E-state index contributed by atoms with van der Waals surface area (Å²) in [4.78, 5) is 20.2. The zero-order valence-electron chi connectivity index (χ0n) is 16.1. The summed E-state index contributed by atoms with van der Waals surface area (Å²) >= 11 is 1.58. The number of hydrogen-bond acceptors (Lipinski definition) is 5. The lowest BCUT2D eigenvalue weighted by Crippen LogP contribution is -2.53. The van der Waals surface area contributed by atoms with E-state index < -0.39 is 0 Å². The predicted octanol–water partition coefficient (Wildman–Crippen LogP) is 4.70. The smallest absolute Gasteiger partial charge is 0.318 e. The third-order valence-corrected chi connectivity index (χ3v) is 6.10. The number of urea groups is 1. The van der Waals surface area contributed by atoms with Crippen LogP contribution in [0.5, 0.6) is 0 Å². The van der Waals surface area contributed by atoms with Crippen molar-refractivity contribution in [3.05, 3.63) is 95.2 Å². The van der Waals surface area contributed by atoms with E-state index in [1.54, 1.807) is 16.2 Å². The van der Waals surface area contributed by atoms with Gasteiger partial charge in [0.25, 0.3) is 0 Å². The van der Waals surface area contributed by atoms with Crippen molar-refractivity contribution in [2.75, 3.05) is 13.1 Å². The summed E-state index contributed by atoms with van der Waals surface area (Å²) in [7, 11) is 0. The highest BCUT2D eigenvalue weighted by Gasteiger charge is 2.36. The van der Waals surface area contributed by atoms with Crippen LogP contribution in [0.2, 0.25) is 0 Å². The fraction of sp³-hybridized carbons (Fsp3) is 0.174. The number of aromatic nitrogens is 2. The second-order valence-electron chi connectivity index (χ2n) is 7.24. The van der Waals surface area contributed by atoms with Gasteiger partial charge in [-0.05, 0) is 22.6 Å². The number of likely N-dealkylation sites (tertiary alicyclic amines) is 1. The van der Waals surface area contributed by atoms with Crippen LogP contribution >= 0.6 is 11.3 Å². The van der Waals surface area contributed by atoms with Crippen LogP contribution in [0.1, 0.15) is 29.0 Å². The molecular weight excluding hydrogens is 396 g/mol. The summed E-state index contributed by atoms with van der Waals surface area (Å²) in [5.74, 6) is 1.27. The molecular formula is C23H20N4O2S. The minimum Gasteiger partial charge on any atom is -0.339 e. The fourth-order valence-corrected chi connectivity index (χ4v) is 4.22. The number of thiophene rings is 1. The number of carbonyl (C=O) groups is 1. The zero-order valence-corrected chi connectivity index (χ0v) is 17.0. The molecule has 3 heterocycles. The molecule has 0 unspecified atom stereocenters. The standard InChI is InChI=1S/C23H20N4O2S/c28-23(24-20(16-8-3-1-4-9-16)17-10-5-2-6-11-17)27-14-18(15-27)22-25-21(26-29-22)19-12-7-13-30-19/h1-13,18,20H,14-15H2,(H,24,28). The lowest BCUT2D eigenvalue weighted by atomic mass is 9.98. The fourth-order valence-electron chi connectivity index (χ4n) is 3.57. The van der Waals surface area contributed by atoms with Crippen molar-refractivity contribution in [2.24, 2.45) is 0 Å². The predicted molar refractivity (Wildman–Crippen MR) is 115 cm³/mol. The second kappa shape index (κ2) is 8.12. The van der Waals surface area contributed by atoms with E-state index in [-0.39, 0.29) is 18.0 Å². The number of nitrogens with one attached hydrogen (secondary N) is 1. The van der Waals surface area contributed by atoms with Crippen molar-refractivity contribution in [1.82, 2.24) is 20.4 Å². The Morgan fingerprint density at radius 1 is 1.00 bits per heavy atom. The normalized spacial score (nSPS) is 14.0. The molecule has 4 aromatic rings. The maximum atomic E-state index is 12.9. The highest BCUT2D eigenvalue weighted by atomic mass is 32.1. The molecule has 1 aliphatic heterocycles. The van der Waals surface area contributed by atoms with Gasteiger partial charge in [-0.2, -0.15) is 4.98 Å². The average Bonchev–Trinajstić information content (AvgIpc) is 3.44. The summed E-state index contributed by atoms with van der Waals surface area (Å²) in [5.41, 5.74) is 2.10. The molecule has 7 heteroatoms. The Hall–Kier alpha value is -3.45. The Morgan fingerprint density at radius 3 is 2.27 bits per heavy atom. The molecule has 0 radical (unpaired) electrons. The van der Waals surface area contributed by atoms with E-state index in [2.05, 4.69) is 15.5 Å². The molecule has 1 saturated heterocycles. The van der Waals surface area contributed by atoms with Crippen LogP contribution < -0.4 is 5.32 Å². The van der Waals surface area contributed by atoms with Crippen molar-refractivity contribution in [1.29, 1.82) is 0 Å². The van der Waals surface area contributed by atoms with E-state index in [9.17, 15) is 4.79 Å². The van der Waals surface area contributed by atoms with E-state index in [0.29, 0.717) is 24.8 Å². The van der Waals surface area contributed by atoms with Gasteiger partial charge < -0.3 is 14.7 Å².